The first-order chi connectivity index (χ1) is 14.6. The van der Waals surface area contributed by atoms with E-state index in [2.05, 4.69) is 30.5 Å². The van der Waals surface area contributed by atoms with E-state index in [1.54, 1.807) is 0 Å². The molecule has 9 heteroatoms. The van der Waals surface area contributed by atoms with Crippen molar-refractivity contribution < 1.29 is 9.53 Å². The van der Waals surface area contributed by atoms with Crippen molar-refractivity contribution in [3.63, 3.8) is 0 Å². The minimum absolute atomic E-state index is 0.195. The minimum Gasteiger partial charge on any atom is -0.468 e. The van der Waals surface area contributed by atoms with Crippen LogP contribution in [-0.2, 0) is 9.53 Å². The smallest absolute Gasteiger partial charge is 0.319 e. The maximum atomic E-state index is 11.4. The van der Waals surface area contributed by atoms with Crippen molar-refractivity contribution in [1.82, 2.24) is 19.9 Å². The van der Waals surface area contributed by atoms with E-state index in [1.165, 1.54) is 13.4 Å². The van der Waals surface area contributed by atoms with Crippen LogP contribution in [0.2, 0.25) is 5.02 Å². The fourth-order valence-electron chi connectivity index (χ4n) is 3.52. The lowest BCUT2D eigenvalue weighted by Crippen LogP contribution is -2.41. The highest BCUT2D eigenvalue weighted by atomic mass is 35.5. The summed E-state index contributed by atoms with van der Waals surface area (Å²) in [6.07, 6.45) is 3.36. The molecule has 0 atom stereocenters. The molecular weight excluding hydrogens is 404 g/mol. The molecule has 1 saturated heterocycles. The number of piperidine rings is 1. The molecule has 0 unspecified atom stereocenters. The summed E-state index contributed by atoms with van der Waals surface area (Å²) in [5.41, 5.74) is 1.46. The average Bonchev–Trinajstić information content (AvgIpc) is 2.75. The van der Waals surface area contributed by atoms with E-state index in [0.717, 1.165) is 42.8 Å². The number of methoxy groups -OCH3 is 1. The fourth-order valence-corrected chi connectivity index (χ4v) is 3.71. The second-order valence-electron chi connectivity index (χ2n) is 7.20. The molecule has 0 bridgehead atoms. The van der Waals surface area contributed by atoms with Crippen LogP contribution >= 0.6 is 11.6 Å². The van der Waals surface area contributed by atoms with Crippen molar-refractivity contribution in [1.29, 1.82) is 0 Å². The zero-order chi connectivity index (χ0) is 20.9. The Labute approximate surface area is 179 Å². The van der Waals surface area contributed by atoms with Gasteiger partial charge < -0.3 is 15.4 Å². The molecule has 1 aliphatic heterocycles. The highest BCUT2D eigenvalue weighted by Gasteiger charge is 2.21. The molecular formula is C21H23ClN6O2. The van der Waals surface area contributed by atoms with Crippen molar-refractivity contribution >= 4 is 45.9 Å². The van der Waals surface area contributed by atoms with Crippen LogP contribution in [0.15, 0.2) is 42.7 Å². The molecule has 2 aromatic heterocycles. The molecule has 3 aromatic rings. The standard InChI is InChI=1S/C21H23ClN6O2/c1-30-19(29)12-28-9-7-15(8-10-28)25-18-6-5-17-20(23-13-24-21(17)27-18)26-16-4-2-3-14(22)11-16/h2-6,11,13,15H,7-10,12H2,1H3,(H2,23,24,25,26,27). The molecule has 0 amide bonds. The molecule has 0 radical (unpaired) electrons. The number of nitrogens with zero attached hydrogens (tertiary/aromatic N) is 4. The number of carbonyl (C=O) groups excluding carboxylic acids is 1. The number of nitrogens with one attached hydrogen (secondary N) is 2. The van der Waals surface area contributed by atoms with E-state index in [9.17, 15) is 4.79 Å². The lowest BCUT2D eigenvalue weighted by Gasteiger charge is -2.31. The first kappa shape index (κ1) is 20.3. The van der Waals surface area contributed by atoms with Crippen molar-refractivity contribution in [2.75, 3.05) is 37.4 Å². The van der Waals surface area contributed by atoms with Crippen LogP contribution in [0.5, 0.6) is 0 Å². The van der Waals surface area contributed by atoms with Crippen LogP contribution in [-0.4, -0.2) is 58.6 Å². The Hall–Kier alpha value is -2.97. The fraction of sp³-hybridized carbons (Fsp3) is 0.333. The van der Waals surface area contributed by atoms with Gasteiger partial charge in [-0.3, -0.25) is 9.69 Å². The van der Waals surface area contributed by atoms with E-state index in [-0.39, 0.29) is 5.97 Å². The monoisotopic (exact) mass is 426 g/mol. The van der Waals surface area contributed by atoms with Gasteiger partial charge in [-0.25, -0.2) is 15.0 Å². The number of ether oxygens (including phenoxy) is 1. The topological polar surface area (TPSA) is 92.3 Å². The lowest BCUT2D eigenvalue weighted by molar-refractivity contribution is -0.142. The summed E-state index contributed by atoms with van der Waals surface area (Å²) in [6.45, 7) is 2.03. The summed E-state index contributed by atoms with van der Waals surface area (Å²) in [5, 5.41) is 8.24. The van der Waals surface area contributed by atoms with E-state index < -0.39 is 0 Å². The molecule has 4 rings (SSSR count). The van der Waals surface area contributed by atoms with Gasteiger partial charge in [-0.15, -0.1) is 0 Å². The van der Waals surface area contributed by atoms with Crippen LogP contribution in [0, 0.1) is 0 Å². The number of hydrogen-bond acceptors (Lipinski definition) is 8. The Morgan fingerprint density at radius 1 is 1.23 bits per heavy atom. The van der Waals surface area contributed by atoms with Gasteiger partial charge >= 0.3 is 5.97 Å². The maximum Gasteiger partial charge on any atom is 0.319 e. The summed E-state index contributed by atoms with van der Waals surface area (Å²) in [7, 11) is 1.42. The van der Waals surface area contributed by atoms with Gasteiger partial charge in [-0.2, -0.15) is 0 Å². The van der Waals surface area contributed by atoms with Crippen LogP contribution in [0.25, 0.3) is 11.0 Å². The Balaban J connectivity index is 1.42. The molecule has 1 fully saturated rings. The summed E-state index contributed by atoms with van der Waals surface area (Å²) in [5.74, 6) is 1.26. The van der Waals surface area contributed by atoms with E-state index in [0.29, 0.717) is 29.1 Å². The predicted molar refractivity (Wildman–Crippen MR) is 117 cm³/mol. The van der Waals surface area contributed by atoms with Gasteiger partial charge in [0.25, 0.3) is 0 Å². The van der Waals surface area contributed by atoms with Crippen molar-refractivity contribution in [2.45, 2.75) is 18.9 Å². The molecule has 156 valence electrons. The van der Waals surface area contributed by atoms with Crippen LogP contribution < -0.4 is 10.6 Å². The van der Waals surface area contributed by atoms with Gasteiger partial charge in [0.2, 0.25) is 0 Å². The normalized spacial score (nSPS) is 15.1. The van der Waals surface area contributed by atoms with Gasteiger partial charge in [0.05, 0.1) is 19.0 Å². The molecule has 0 saturated carbocycles. The van der Waals surface area contributed by atoms with E-state index in [1.807, 2.05) is 36.4 Å². The third kappa shape index (κ3) is 4.95. The van der Waals surface area contributed by atoms with Gasteiger partial charge in [0.15, 0.2) is 5.65 Å². The zero-order valence-electron chi connectivity index (χ0n) is 16.6. The van der Waals surface area contributed by atoms with Crippen LogP contribution in [0.1, 0.15) is 12.8 Å². The highest BCUT2D eigenvalue weighted by molar-refractivity contribution is 6.30. The number of hydrogen-bond donors (Lipinski definition) is 2. The van der Waals surface area contributed by atoms with Crippen LogP contribution in [0.4, 0.5) is 17.3 Å². The van der Waals surface area contributed by atoms with E-state index >= 15 is 0 Å². The zero-order valence-corrected chi connectivity index (χ0v) is 17.4. The quantitative estimate of drug-likeness (QED) is 0.579. The number of pyridine rings is 1. The number of carbonyl (C=O) groups is 1. The Bertz CT molecular complexity index is 1040. The number of benzene rings is 1. The van der Waals surface area contributed by atoms with E-state index in [4.69, 9.17) is 16.3 Å². The third-order valence-corrected chi connectivity index (χ3v) is 5.34. The number of anilines is 3. The Morgan fingerprint density at radius 3 is 2.83 bits per heavy atom. The van der Waals surface area contributed by atoms with Crippen molar-refractivity contribution in [3.8, 4) is 0 Å². The summed E-state index contributed by atoms with van der Waals surface area (Å²) < 4.78 is 4.74. The minimum atomic E-state index is -0.195. The number of fused-ring (bicyclic) bond motifs is 1. The second kappa shape index (κ2) is 9.23. The second-order valence-corrected chi connectivity index (χ2v) is 7.63. The number of rotatable bonds is 6. The van der Waals surface area contributed by atoms with Gasteiger partial charge in [-0.05, 0) is 43.2 Å². The molecule has 1 aliphatic rings. The first-order valence-corrected chi connectivity index (χ1v) is 10.2. The molecule has 30 heavy (non-hydrogen) atoms. The molecule has 0 aliphatic carbocycles. The van der Waals surface area contributed by atoms with Crippen molar-refractivity contribution in [2.24, 2.45) is 0 Å². The van der Waals surface area contributed by atoms with Gasteiger partial charge in [0, 0.05) is 29.8 Å². The highest BCUT2D eigenvalue weighted by Crippen LogP contribution is 2.25. The molecule has 1 aromatic carbocycles. The Morgan fingerprint density at radius 2 is 2.07 bits per heavy atom. The predicted octanol–water partition coefficient (Wildman–Crippen LogP) is 3.47. The molecule has 3 heterocycles. The molecule has 0 spiro atoms. The number of esters is 1. The van der Waals surface area contributed by atoms with Gasteiger partial charge in [-0.1, -0.05) is 17.7 Å². The lowest BCUT2D eigenvalue weighted by atomic mass is 10.1. The maximum absolute atomic E-state index is 11.4. The number of aromatic nitrogens is 3. The summed E-state index contributed by atoms with van der Waals surface area (Å²) in [6, 6.07) is 11.7. The number of halogens is 1. The first-order valence-electron chi connectivity index (χ1n) is 9.81. The Kier molecular flexibility index (Phi) is 6.25. The molecule has 8 nitrogen and oxygen atoms in total. The number of likely N-dealkylation sites (tertiary alicyclic amines) is 1. The van der Waals surface area contributed by atoms with Gasteiger partial charge in [0.1, 0.15) is 18.0 Å². The van der Waals surface area contributed by atoms with Crippen LogP contribution in [0.3, 0.4) is 0 Å². The molecule has 2 N–H and O–H groups in total. The summed E-state index contributed by atoms with van der Waals surface area (Å²) in [4.78, 5) is 26.9. The average molecular weight is 427 g/mol. The summed E-state index contributed by atoms with van der Waals surface area (Å²) >= 11 is 6.06. The third-order valence-electron chi connectivity index (χ3n) is 5.10. The largest absolute Gasteiger partial charge is 0.468 e. The van der Waals surface area contributed by atoms with Crippen molar-refractivity contribution in [3.05, 3.63) is 47.7 Å². The SMILES string of the molecule is COC(=O)CN1CCC(Nc2ccc3c(Nc4cccc(Cl)c4)ncnc3n2)CC1.